The fourth-order valence-corrected chi connectivity index (χ4v) is 3.05. The van der Waals surface area contributed by atoms with Gasteiger partial charge in [-0.2, -0.15) is 5.10 Å². The van der Waals surface area contributed by atoms with E-state index in [0.717, 1.165) is 0 Å². The first kappa shape index (κ1) is 18.4. The Morgan fingerprint density at radius 3 is 2.52 bits per heavy atom. The van der Waals surface area contributed by atoms with Crippen molar-refractivity contribution >= 4 is 28.5 Å². The first-order valence-electron chi connectivity index (χ1n) is 8.79. The standard InChI is InChI=1S/C20H16N4O5/c1-3-29-19(26)12-4-6-13(7-5-12)23-9-8-16-14(18(23)25)10-21-17-15(20(27)28-2)11-22-24(16)17/h4-11H,3H2,1-2H3. The largest absolute Gasteiger partial charge is 0.465 e. The van der Waals surface area contributed by atoms with Crippen molar-refractivity contribution in [1.29, 1.82) is 0 Å². The summed E-state index contributed by atoms with van der Waals surface area (Å²) in [6.07, 6.45) is 4.36. The lowest BCUT2D eigenvalue weighted by atomic mass is 10.2. The number of carbonyl (C=O) groups is 2. The molecule has 0 aliphatic heterocycles. The van der Waals surface area contributed by atoms with E-state index in [1.807, 2.05) is 0 Å². The summed E-state index contributed by atoms with van der Waals surface area (Å²) in [4.78, 5) is 40.8. The maximum atomic E-state index is 13.0. The zero-order chi connectivity index (χ0) is 20.5. The van der Waals surface area contributed by atoms with Crippen LogP contribution in [0.15, 0.2) is 53.7 Å². The highest BCUT2D eigenvalue weighted by Crippen LogP contribution is 2.17. The van der Waals surface area contributed by atoms with Crippen molar-refractivity contribution in [3.8, 4) is 5.69 Å². The van der Waals surface area contributed by atoms with Crippen LogP contribution in [-0.4, -0.2) is 44.8 Å². The first-order chi connectivity index (χ1) is 14.0. The molecular formula is C20H16N4O5. The highest BCUT2D eigenvalue weighted by atomic mass is 16.5. The summed E-state index contributed by atoms with van der Waals surface area (Å²) in [5.41, 5.74) is 1.71. The zero-order valence-electron chi connectivity index (χ0n) is 15.7. The molecular weight excluding hydrogens is 376 g/mol. The highest BCUT2D eigenvalue weighted by molar-refractivity contribution is 5.96. The van der Waals surface area contributed by atoms with E-state index in [4.69, 9.17) is 9.47 Å². The molecule has 0 aliphatic carbocycles. The minimum Gasteiger partial charge on any atom is -0.465 e. The van der Waals surface area contributed by atoms with Crippen molar-refractivity contribution in [2.75, 3.05) is 13.7 Å². The van der Waals surface area contributed by atoms with Gasteiger partial charge in [0.2, 0.25) is 0 Å². The second kappa shape index (κ2) is 7.19. The molecule has 0 fully saturated rings. The predicted molar refractivity (Wildman–Crippen MR) is 103 cm³/mol. The van der Waals surface area contributed by atoms with E-state index < -0.39 is 11.9 Å². The number of hydrogen-bond acceptors (Lipinski definition) is 7. The molecule has 29 heavy (non-hydrogen) atoms. The van der Waals surface area contributed by atoms with Gasteiger partial charge in [-0.1, -0.05) is 0 Å². The minimum absolute atomic E-state index is 0.216. The van der Waals surface area contributed by atoms with E-state index >= 15 is 0 Å². The Balaban J connectivity index is 1.80. The summed E-state index contributed by atoms with van der Waals surface area (Å²) >= 11 is 0. The predicted octanol–water partition coefficient (Wildman–Crippen LogP) is 2.00. The lowest BCUT2D eigenvalue weighted by Crippen LogP contribution is -2.19. The SMILES string of the molecule is CCOC(=O)c1ccc(-n2ccc3c(cnc4c(C(=O)OC)cnn43)c2=O)cc1. The Labute approximate surface area is 164 Å². The average Bonchev–Trinajstić information content (AvgIpc) is 3.18. The van der Waals surface area contributed by atoms with Crippen LogP contribution in [0.1, 0.15) is 27.6 Å². The molecule has 0 spiro atoms. The Hall–Kier alpha value is -4.01. The molecule has 1 aromatic carbocycles. The molecule has 0 aliphatic rings. The average molecular weight is 392 g/mol. The van der Waals surface area contributed by atoms with Crippen LogP contribution in [0, 0.1) is 0 Å². The molecule has 0 N–H and O–H groups in total. The van der Waals surface area contributed by atoms with Gasteiger partial charge in [0.05, 0.1) is 36.4 Å². The lowest BCUT2D eigenvalue weighted by molar-refractivity contribution is 0.0525. The van der Waals surface area contributed by atoms with Crippen LogP contribution in [0.3, 0.4) is 0 Å². The fourth-order valence-electron chi connectivity index (χ4n) is 3.05. The number of ether oxygens (including phenoxy) is 2. The monoisotopic (exact) mass is 392 g/mol. The van der Waals surface area contributed by atoms with Gasteiger partial charge in [0, 0.05) is 18.1 Å². The Kier molecular flexibility index (Phi) is 4.55. The summed E-state index contributed by atoms with van der Waals surface area (Å²) in [7, 11) is 1.28. The van der Waals surface area contributed by atoms with Crippen molar-refractivity contribution in [2.24, 2.45) is 0 Å². The molecule has 0 unspecified atom stereocenters. The van der Waals surface area contributed by atoms with Crippen LogP contribution >= 0.6 is 0 Å². The Morgan fingerprint density at radius 1 is 1.07 bits per heavy atom. The highest BCUT2D eigenvalue weighted by Gasteiger charge is 2.17. The van der Waals surface area contributed by atoms with Crippen molar-refractivity contribution in [3.05, 3.63) is 70.4 Å². The number of nitrogens with zero attached hydrogens (tertiary/aromatic N) is 4. The maximum Gasteiger partial charge on any atom is 0.343 e. The molecule has 4 aromatic rings. The van der Waals surface area contributed by atoms with E-state index in [-0.39, 0.29) is 17.7 Å². The lowest BCUT2D eigenvalue weighted by Gasteiger charge is -2.09. The molecule has 0 saturated carbocycles. The molecule has 3 heterocycles. The van der Waals surface area contributed by atoms with Crippen molar-refractivity contribution in [3.63, 3.8) is 0 Å². The number of aromatic nitrogens is 4. The number of rotatable bonds is 4. The summed E-state index contributed by atoms with van der Waals surface area (Å²) < 4.78 is 12.6. The van der Waals surface area contributed by atoms with Crippen LogP contribution in [0.2, 0.25) is 0 Å². The van der Waals surface area contributed by atoms with Gasteiger partial charge >= 0.3 is 11.9 Å². The molecule has 3 aromatic heterocycles. The van der Waals surface area contributed by atoms with Gasteiger partial charge in [-0.05, 0) is 37.3 Å². The molecule has 9 nitrogen and oxygen atoms in total. The van der Waals surface area contributed by atoms with E-state index in [1.165, 1.54) is 28.6 Å². The first-order valence-corrected chi connectivity index (χ1v) is 8.79. The molecule has 0 bridgehead atoms. The van der Waals surface area contributed by atoms with Gasteiger partial charge in [-0.25, -0.2) is 19.1 Å². The van der Waals surface area contributed by atoms with Crippen LogP contribution in [0.5, 0.6) is 0 Å². The summed E-state index contributed by atoms with van der Waals surface area (Å²) in [5, 5.41) is 4.49. The summed E-state index contributed by atoms with van der Waals surface area (Å²) in [6, 6.07) is 8.23. The van der Waals surface area contributed by atoms with E-state index in [1.54, 1.807) is 43.5 Å². The van der Waals surface area contributed by atoms with E-state index in [0.29, 0.717) is 27.8 Å². The second-order valence-electron chi connectivity index (χ2n) is 6.10. The minimum atomic E-state index is -0.554. The third kappa shape index (κ3) is 3.02. The van der Waals surface area contributed by atoms with Crippen LogP contribution in [0.25, 0.3) is 22.2 Å². The number of carbonyl (C=O) groups excluding carboxylic acids is 2. The smallest absolute Gasteiger partial charge is 0.343 e. The van der Waals surface area contributed by atoms with Crippen molar-refractivity contribution < 1.29 is 19.1 Å². The second-order valence-corrected chi connectivity index (χ2v) is 6.10. The Morgan fingerprint density at radius 2 is 1.83 bits per heavy atom. The van der Waals surface area contributed by atoms with Gasteiger partial charge in [-0.3, -0.25) is 9.36 Å². The number of pyridine rings is 1. The maximum absolute atomic E-state index is 13.0. The van der Waals surface area contributed by atoms with Crippen LogP contribution in [0.4, 0.5) is 0 Å². The van der Waals surface area contributed by atoms with Crippen molar-refractivity contribution in [1.82, 2.24) is 19.2 Å². The molecule has 0 amide bonds. The fraction of sp³-hybridized carbons (Fsp3) is 0.150. The number of esters is 2. The van der Waals surface area contributed by atoms with Gasteiger partial charge in [0.1, 0.15) is 5.56 Å². The topological polar surface area (TPSA) is 105 Å². The normalized spacial score (nSPS) is 11.0. The quantitative estimate of drug-likeness (QED) is 0.489. The molecule has 9 heteroatoms. The molecule has 4 rings (SSSR count). The molecule has 0 saturated heterocycles. The summed E-state index contributed by atoms with van der Waals surface area (Å²) in [5.74, 6) is -0.974. The van der Waals surface area contributed by atoms with Crippen molar-refractivity contribution in [2.45, 2.75) is 6.92 Å². The third-order valence-corrected chi connectivity index (χ3v) is 4.46. The number of methoxy groups -OCH3 is 1. The van der Waals surface area contributed by atoms with E-state index in [9.17, 15) is 14.4 Å². The summed E-state index contributed by atoms with van der Waals surface area (Å²) in [6.45, 7) is 2.02. The van der Waals surface area contributed by atoms with Gasteiger partial charge in [-0.15, -0.1) is 0 Å². The van der Waals surface area contributed by atoms with Crippen LogP contribution < -0.4 is 5.56 Å². The Bertz CT molecular complexity index is 1300. The molecule has 0 atom stereocenters. The number of fused-ring (bicyclic) bond motifs is 3. The third-order valence-electron chi connectivity index (χ3n) is 4.46. The van der Waals surface area contributed by atoms with Crippen LogP contribution in [-0.2, 0) is 9.47 Å². The van der Waals surface area contributed by atoms with E-state index in [2.05, 4.69) is 10.1 Å². The molecule has 0 radical (unpaired) electrons. The number of benzene rings is 1. The van der Waals surface area contributed by atoms with Gasteiger partial charge in [0.25, 0.3) is 5.56 Å². The number of hydrogen-bond donors (Lipinski definition) is 0. The zero-order valence-corrected chi connectivity index (χ0v) is 15.7. The molecule has 146 valence electrons. The van der Waals surface area contributed by atoms with Gasteiger partial charge < -0.3 is 9.47 Å². The van der Waals surface area contributed by atoms with Gasteiger partial charge in [0.15, 0.2) is 5.65 Å².